The lowest BCUT2D eigenvalue weighted by molar-refractivity contribution is 0.102. The lowest BCUT2D eigenvalue weighted by Gasteiger charge is -2.23. The van der Waals surface area contributed by atoms with Crippen LogP contribution in [0.15, 0.2) is 72.8 Å². The van der Waals surface area contributed by atoms with E-state index in [1.807, 2.05) is 31.2 Å². The summed E-state index contributed by atoms with van der Waals surface area (Å²) < 4.78 is 38.9. The number of sulfonamides is 1. The van der Waals surface area contributed by atoms with Crippen molar-refractivity contribution in [2.75, 3.05) is 15.9 Å². The van der Waals surface area contributed by atoms with Crippen LogP contribution in [-0.2, 0) is 16.6 Å². The molecule has 7 heteroatoms. The number of hydrogen-bond donors (Lipinski definition) is 1. The predicted molar refractivity (Wildman–Crippen MR) is 113 cm³/mol. The number of halogens is 1. The molecular formula is C22H21FN2O3S. The minimum Gasteiger partial charge on any atom is -0.322 e. The van der Waals surface area contributed by atoms with Crippen molar-refractivity contribution in [1.29, 1.82) is 0 Å². The van der Waals surface area contributed by atoms with Crippen LogP contribution in [0.25, 0.3) is 0 Å². The lowest BCUT2D eigenvalue weighted by atomic mass is 10.1. The van der Waals surface area contributed by atoms with Crippen LogP contribution in [0.4, 0.5) is 15.8 Å². The highest BCUT2D eigenvalue weighted by molar-refractivity contribution is 7.92. The van der Waals surface area contributed by atoms with E-state index < -0.39 is 10.0 Å². The Labute approximate surface area is 169 Å². The van der Waals surface area contributed by atoms with Gasteiger partial charge in [-0.3, -0.25) is 9.10 Å². The van der Waals surface area contributed by atoms with Gasteiger partial charge in [0.05, 0.1) is 18.5 Å². The zero-order valence-corrected chi connectivity index (χ0v) is 16.9. The monoisotopic (exact) mass is 412 g/mol. The van der Waals surface area contributed by atoms with Crippen molar-refractivity contribution in [2.45, 2.75) is 13.5 Å². The number of carbonyl (C=O) groups is 1. The van der Waals surface area contributed by atoms with Gasteiger partial charge in [0, 0.05) is 11.3 Å². The van der Waals surface area contributed by atoms with Crippen molar-refractivity contribution in [2.24, 2.45) is 0 Å². The van der Waals surface area contributed by atoms with Gasteiger partial charge >= 0.3 is 0 Å². The van der Waals surface area contributed by atoms with Gasteiger partial charge in [-0.1, -0.05) is 29.8 Å². The van der Waals surface area contributed by atoms with E-state index in [1.165, 1.54) is 28.6 Å². The number of rotatable bonds is 6. The Morgan fingerprint density at radius 1 is 0.931 bits per heavy atom. The van der Waals surface area contributed by atoms with E-state index in [9.17, 15) is 17.6 Å². The van der Waals surface area contributed by atoms with Crippen molar-refractivity contribution in [3.8, 4) is 0 Å². The fourth-order valence-corrected chi connectivity index (χ4v) is 3.66. The molecule has 150 valence electrons. The number of carbonyl (C=O) groups excluding carboxylic acids is 1. The van der Waals surface area contributed by atoms with Gasteiger partial charge in [0.1, 0.15) is 5.82 Å². The average molecular weight is 412 g/mol. The molecule has 0 aliphatic heterocycles. The third-order valence-electron chi connectivity index (χ3n) is 4.37. The highest BCUT2D eigenvalue weighted by Crippen LogP contribution is 2.22. The summed E-state index contributed by atoms with van der Waals surface area (Å²) in [5.74, 6) is -0.755. The minimum absolute atomic E-state index is 0.195. The molecule has 0 saturated heterocycles. The van der Waals surface area contributed by atoms with Crippen LogP contribution in [0, 0.1) is 12.7 Å². The van der Waals surface area contributed by atoms with Crippen LogP contribution in [0.3, 0.4) is 0 Å². The van der Waals surface area contributed by atoms with Gasteiger partial charge in [0.25, 0.3) is 5.91 Å². The van der Waals surface area contributed by atoms with Gasteiger partial charge in [-0.15, -0.1) is 0 Å². The maximum absolute atomic E-state index is 13.0. The molecule has 1 amide bonds. The summed E-state index contributed by atoms with van der Waals surface area (Å²) in [6.07, 6.45) is 1.15. The molecule has 0 aliphatic rings. The molecule has 3 aromatic rings. The van der Waals surface area contributed by atoms with Crippen molar-refractivity contribution in [3.63, 3.8) is 0 Å². The fraction of sp³-hybridized carbons (Fsp3) is 0.136. The molecule has 0 heterocycles. The van der Waals surface area contributed by atoms with Crippen molar-refractivity contribution < 1.29 is 17.6 Å². The van der Waals surface area contributed by atoms with Crippen LogP contribution in [-0.4, -0.2) is 20.6 Å². The molecule has 0 spiro atoms. The Morgan fingerprint density at radius 3 is 2.07 bits per heavy atom. The van der Waals surface area contributed by atoms with Gasteiger partial charge in [-0.2, -0.15) is 0 Å². The van der Waals surface area contributed by atoms with E-state index in [4.69, 9.17) is 0 Å². The largest absolute Gasteiger partial charge is 0.322 e. The zero-order chi connectivity index (χ0) is 21.0. The van der Waals surface area contributed by atoms with E-state index >= 15 is 0 Å². The average Bonchev–Trinajstić information content (AvgIpc) is 2.68. The highest BCUT2D eigenvalue weighted by atomic mass is 32.2. The van der Waals surface area contributed by atoms with Crippen molar-refractivity contribution in [3.05, 3.63) is 95.3 Å². The molecule has 29 heavy (non-hydrogen) atoms. The van der Waals surface area contributed by atoms with E-state index in [2.05, 4.69) is 5.32 Å². The molecule has 0 fully saturated rings. The molecule has 0 aliphatic carbocycles. The Balaban J connectivity index is 1.79. The summed E-state index contributed by atoms with van der Waals surface area (Å²) >= 11 is 0. The van der Waals surface area contributed by atoms with Gasteiger partial charge in [-0.05, 0) is 61.0 Å². The van der Waals surface area contributed by atoms with Gasteiger partial charge in [0.2, 0.25) is 10.0 Å². The van der Waals surface area contributed by atoms with Crippen LogP contribution in [0.2, 0.25) is 0 Å². The summed E-state index contributed by atoms with van der Waals surface area (Å²) in [6, 6.07) is 19.4. The number of amides is 1. The van der Waals surface area contributed by atoms with E-state index in [0.717, 1.165) is 17.4 Å². The topological polar surface area (TPSA) is 66.5 Å². The van der Waals surface area contributed by atoms with E-state index in [0.29, 0.717) is 16.9 Å². The molecule has 0 unspecified atom stereocenters. The normalized spacial score (nSPS) is 11.1. The maximum atomic E-state index is 13.0. The molecule has 0 bridgehead atoms. The van der Waals surface area contributed by atoms with E-state index in [-0.39, 0.29) is 18.3 Å². The van der Waals surface area contributed by atoms with Gasteiger partial charge < -0.3 is 5.32 Å². The van der Waals surface area contributed by atoms with Crippen LogP contribution >= 0.6 is 0 Å². The second-order valence-corrected chi connectivity index (χ2v) is 8.67. The van der Waals surface area contributed by atoms with Crippen LogP contribution in [0.1, 0.15) is 21.5 Å². The smallest absolute Gasteiger partial charge is 0.255 e. The molecule has 1 N–H and O–H groups in total. The maximum Gasteiger partial charge on any atom is 0.255 e. The summed E-state index contributed by atoms with van der Waals surface area (Å²) in [5.41, 5.74) is 3.25. The first-order chi connectivity index (χ1) is 13.7. The molecule has 3 aromatic carbocycles. The van der Waals surface area contributed by atoms with Crippen molar-refractivity contribution >= 4 is 27.3 Å². The highest BCUT2D eigenvalue weighted by Gasteiger charge is 2.18. The molecule has 3 rings (SSSR count). The number of hydrogen-bond acceptors (Lipinski definition) is 3. The summed E-state index contributed by atoms with van der Waals surface area (Å²) in [4.78, 5) is 12.4. The first-order valence-electron chi connectivity index (χ1n) is 8.92. The Hall–Kier alpha value is -3.19. The van der Waals surface area contributed by atoms with Crippen LogP contribution in [0.5, 0.6) is 0 Å². The SMILES string of the molecule is Cc1ccc(CN(c2ccc(C(=O)Nc3ccc(F)cc3)cc2)S(C)(=O)=O)cc1. The minimum atomic E-state index is -3.51. The van der Waals surface area contributed by atoms with Gasteiger partial charge in [-0.25, -0.2) is 12.8 Å². The first kappa shape index (κ1) is 20.5. The summed E-state index contributed by atoms with van der Waals surface area (Å²) in [6.45, 7) is 2.16. The van der Waals surface area contributed by atoms with E-state index in [1.54, 1.807) is 24.3 Å². The number of anilines is 2. The molecule has 5 nitrogen and oxygen atoms in total. The van der Waals surface area contributed by atoms with Crippen LogP contribution < -0.4 is 9.62 Å². The molecule has 0 aromatic heterocycles. The number of aryl methyl sites for hydroxylation is 1. The Kier molecular flexibility index (Phi) is 5.98. The number of nitrogens with one attached hydrogen (secondary N) is 1. The summed E-state index contributed by atoms with van der Waals surface area (Å²) in [7, 11) is -3.51. The van der Waals surface area contributed by atoms with Crippen molar-refractivity contribution in [1.82, 2.24) is 0 Å². The number of benzene rings is 3. The third kappa shape index (κ3) is 5.42. The quantitative estimate of drug-likeness (QED) is 0.654. The molecule has 0 saturated carbocycles. The second-order valence-electron chi connectivity index (χ2n) is 6.76. The molecule has 0 radical (unpaired) electrons. The zero-order valence-electron chi connectivity index (χ0n) is 16.1. The molecule has 0 atom stereocenters. The fourth-order valence-electron chi connectivity index (χ4n) is 2.77. The second kappa shape index (κ2) is 8.45. The predicted octanol–water partition coefficient (Wildman–Crippen LogP) is 4.35. The Morgan fingerprint density at radius 2 is 1.52 bits per heavy atom. The molecular weight excluding hydrogens is 391 g/mol. The third-order valence-corrected chi connectivity index (χ3v) is 5.51. The Bertz CT molecular complexity index is 1090. The summed E-state index contributed by atoms with van der Waals surface area (Å²) in [5, 5.41) is 2.67. The first-order valence-corrected chi connectivity index (χ1v) is 10.8. The number of nitrogens with zero attached hydrogens (tertiary/aromatic N) is 1. The lowest BCUT2D eigenvalue weighted by Crippen LogP contribution is -2.29. The van der Waals surface area contributed by atoms with Gasteiger partial charge in [0.15, 0.2) is 0 Å². The standard InChI is InChI=1S/C22H21FN2O3S/c1-16-3-5-17(6-4-16)15-25(29(2,27)28)21-13-7-18(8-14-21)22(26)24-20-11-9-19(23)10-12-20/h3-14H,15H2,1-2H3,(H,24,26).